The highest BCUT2D eigenvalue weighted by Crippen LogP contribution is 2.61. The summed E-state index contributed by atoms with van der Waals surface area (Å²) >= 11 is 7.87. The monoisotopic (exact) mass is 550 g/mol. The molecular formula is C30H63O2PS2. The molecule has 0 radical (unpaired) electrons. The molecule has 0 aromatic heterocycles. The van der Waals surface area contributed by atoms with Gasteiger partial charge in [0.15, 0.2) is 0 Å². The lowest BCUT2D eigenvalue weighted by Crippen LogP contribution is -2.06. The fourth-order valence-corrected chi connectivity index (χ4v) is 8.88. The van der Waals surface area contributed by atoms with E-state index < -0.39 is 5.69 Å². The van der Waals surface area contributed by atoms with Gasteiger partial charge in [-0.1, -0.05) is 131 Å². The molecule has 0 N–H and O–H groups in total. The van der Waals surface area contributed by atoms with Crippen LogP contribution in [0, 0.1) is 35.5 Å². The van der Waals surface area contributed by atoms with E-state index in [1.54, 1.807) is 0 Å². The summed E-state index contributed by atoms with van der Waals surface area (Å²) in [6, 6.07) is 0. The summed E-state index contributed by atoms with van der Waals surface area (Å²) < 4.78 is 12.8. The van der Waals surface area contributed by atoms with Crippen LogP contribution in [-0.2, 0) is 20.9 Å². The van der Waals surface area contributed by atoms with Crippen LogP contribution in [0.2, 0.25) is 0 Å². The molecule has 0 saturated heterocycles. The van der Waals surface area contributed by atoms with Gasteiger partial charge in [0.1, 0.15) is 0 Å². The third-order valence-corrected chi connectivity index (χ3v) is 12.5. The van der Waals surface area contributed by atoms with Gasteiger partial charge in [-0.3, -0.25) is 0 Å². The van der Waals surface area contributed by atoms with Gasteiger partial charge in [0, 0.05) is 5.75 Å². The largest absolute Gasteiger partial charge is 0.322 e. The van der Waals surface area contributed by atoms with Crippen LogP contribution in [0.25, 0.3) is 0 Å². The van der Waals surface area contributed by atoms with Crippen LogP contribution < -0.4 is 0 Å². The molecule has 3 unspecified atom stereocenters. The van der Waals surface area contributed by atoms with Crippen molar-refractivity contribution in [2.45, 2.75) is 139 Å². The Labute approximate surface area is 231 Å². The van der Waals surface area contributed by atoms with E-state index in [-0.39, 0.29) is 0 Å². The Morgan fingerprint density at radius 1 is 0.514 bits per heavy atom. The van der Waals surface area contributed by atoms with Crippen LogP contribution in [0.5, 0.6) is 0 Å². The molecule has 0 saturated carbocycles. The standard InChI is InChI=1S/C30H63O2PS2/c1-25(2)13-10-16-28(7)19-22-31-33(34,32-23-20-29(8)17-11-14-26(3)4)35-24-21-30(9)18-12-15-27(5)6/h25-30H,10-24H2,1-9H3. The Kier molecular flexibility index (Phi) is 22.4. The highest BCUT2D eigenvalue weighted by molar-refractivity contribution is 8.67. The minimum absolute atomic E-state index is 0.698. The molecule has 0 aliphatic heterocycles. The van der Waals surface area contributed by atoms with Gasteiger partial charge in [-0.25, -0.2) is 0 Å². The van der Waals surface area contributed by atoms with Gasteiger partial charge in [-0.15, -0.1) is 0 Å². The molecule has 0 spiro atoms. The first-order valence-corrected chi connectivity index (χ1v) is 19.2. The van der Waals surface area contributed by atoms with Gasteiger partial charge in [-0.05, 0) is 66.6 Å². The molecule has 2 nitrogen and oxygen atoms in total. The maximum Gasteiger partial charge on any atom is 0.247 e. The molecule has 35 heavy (non-hydrogen) atoms. The van der Waals surface area contributed by atoms with Crippen LogP contribution in [-0.4, -0.2) is 19.0 Å². The highest BCUT2D eigenvalue weighted by atomic mass is 32.9. The van der Waals surface area contributed by atoms with Gasteiger partial charge in [-0.2, -0.15) is 0 Å². The van der Waals surface area contributed by atoms with Crippen LogP contribution in [0.4, 0.5) is 0 Å². The Morgan fingerprint density at radius 3 is 1.20 bits per heavy atom. The van der Waals surface area contributed by atoms with Gasteiger partial charge >= 0.3 is 0 Å². The van der Waals surface area contributed by atoms with E-state index in [1.165, 1.54) is 64.2 Å². The van der Waals surface area contributed by atoms with E-state index in [1.807, 2.05) is 11.4 Å². The molecule has 5 heteroatoms. The summed E-state index contributed by atoms with van der Waals surface area (Å²) in [5.74, 6) is 5.63. The molecule has 0 bridgehead atoms. The second kappa shape index (κ2) is 21.8. The molecule has 0 rings (SSSR count). The lowest BCUT2D eigenvalue weighted by Gasteiger charge is -2.24. The van der Waals surface area contributed by atoms with Gasteiger partial charge < -0.3 is 9.05 Å². The minimum Gasteiger partial charge on any atom is -0.322 e. The van der Waals surface area contributed by atoms with Gasteiger partial charge in [0.05, 0.1) is 13.2 Å². The summed E-state index contributed by atoms with van der Waals surface area (Å²) in [5.41, 5.74) is -2.26. The van der Waals surface area contributed by atoms with Crippen molar-refractivity contribution in [3.8, 4) is 0 Å². The predicted molar refractivity (Wildman–Crippen MR) is 166 cm³/mol. The van der Waals surface area contributed by atoms with E-state index in [9.17, 15) is 0 Å². The van der Waals surface area contributed by atoms with E-state index in [2.05, 4.69) is 62.3 Å². The summed E-state index contributed by atoms with van der Waals surface area (Å²) in [7, 11) is 0. The van der Waals surface area contributed by atoms with E-state index in [4.69, 9.17) is 20.9 Å². The van der Waals surface area contributed by atoms with E-state index >= 15 is 0 Å². The summed E-state index contributed by atoms with van der Waals surface area (Å²) in [6.07, 6.45) is 15.3. The first kappa shape index (κ1) is 35.9. The van der Waals surface area contributed by atoms with Crippen molar-refractivity contribution in [3.05, 3.63) is 0 Å². The fourth-order valence-electron chi connectivity index (χ4n) is 4.27. The average molecular weight is 551 g/mol. The normalized spacial score (nSPS) is 16.7. The quantitative estimate of drug-likeness (QED) is 0.111. The first-order chi connectivity index (χ1) is 16.4. The summed E-state index contributed by atoms with van der Waals surface area (Å²) in [6.45, 7) is 22.5. The topological polar surface area (TPSA) is 18.5 Å². The summed E-state index contributed by atoms with van der Waals surface area (Å²) in [5, 5.41) is 0. The molecule has 0 heterocycles. The summed E-state index contributed by atoms with van der Waals surface area (Å²) in [4.78, 5) is 0. The molecule has 0 aromatic carbocycles. The molecule has 0 fully saturated rings. The molecule has 212 valence electrons. The lowest BCUT2D eigenvalue weighted by molar-refractivity contribution is 0.228. The first-order valence-electron chi connectivity index (χ1n) is 15.0. The van der Waals surface area contributed by atoms with Crippen LogP contribution in [0.3, 0.4) is 0 Å². The zero-order valence-electron chi connectivity index (χ0n) is 25.2. The van der Waals surface area contributed by atoms with Crippen molar-refractivity contribution < 1.29 is 9.05 Å². The molecule has 3 atom stereocenters. The molecule has 0 amide bonds. The van der Waals surface area contributed by atoms with Crippen LogP contribution in [0.1, 0.15) is 139 Å². The minimum atomic E-state index is -2.26. The number of hydrogen-bond donors (Lipinski definition) is 0. The van der Waals surface area contributed by atoms with Crippen molar-refractivity contribution in [2.75, 3.05) is 19.0 Å². The van der Waals surface area contributed by atoms with Crippen LogP contribution >= 0.6 is 17.1 Å². The Bertz CT molecular complexity index is 453. The zero-order valence-corrected chi connectivity index (χ0v) is 27.7. The maximum atomic E-state index is 6.38. The SMILES string of the molecule is CC(C)CCCC(C)CCOP(=S)(OCCC(C)CCCC(C)C)SCCC(C)CCCC(C)C. The Balaban J connectivity index is 4.55. The molecular weight excluding hydrogens is 487 g/mol. The van der Waals surface area contributed by atoms with Crippen molar-refractivity contribution in [1.82, 2.24) is 0 Å². The Morgan fingerprint density at radius 2 is 0.857 bits per heavy atom. The Hall–Kier alpha value is 0.920. The van der Waals surface area contributed by atoms with Crippen molar-refractivity contribution in [1.29, 1.82) is 0 Å². The van der Waals surface area contributed by atoms with Gasteiger partial charge in [0.2, 0.25) is 5.69 Å². The van der Waals surface area contributed by atoms with Crippen LogP contribution in [0.15, 0.2) is 0 Å². The third-order valence-electron chi connectivity index (χ3n) is 7.02. The van der Waals surface area contributed by atoms with Crippen molar-refractivity contribution in [2.24, 2.45) is 35.5 Å². The number of hydrogen-bond acceptors (Lipinski definition) is 4. The highest BCUT2D eigenvalue weighted by Gasteiger charge is 2.21. The molecule has 0 aromatic rings. The fraction of sp³-hybridized carbons (Fsp3) is 1.00. The van der Waals surface area contributed by atoms with Crippen molar-refractivity contribution >= 4 is 28.9 Å². The van der Waals surface area contributed by atoms with E-state index in [0.29, 0.717) is 11.8 Å². The lowest BCUT2D eigenvalue weighted by atomic mass is 9.98. The second-order valence-corrected chi connectivity index (χ2v) is 19.0. The number of rotatable bonds is 24. The smallest absolute Gasteiger partial charge is 0.247 e. The van der Waals surface area contributed by atoms with Gasteiger partial charge in [0.25, 0.3) is 0 Å². The average Bonchev–Trinajstić information content (AvgIpc) is 2.73. The third kappa shape index (κ3) is 23.7. The van der Waals surface area contributed by atoms with Crippen molar-refractivity contribution in [3.63, 3.8) is 0 Å². The van der Waals surface area contributed by atoms with E-state index in [0.717, 1.165) is 55.5 Å². The predicted octanol–water partition coefficient (Wildman–Crippen LogP) is 11.5. The second-order valence-electron chi connectivity index (χ2n) is 12.6. The molecule has 0 aliphatic rings. The maximum absolute atomic E-state index is 6.38. The zero-order chi connectivity index (χ0) is 26.7. The molecule has 0 aliphatic carbocycles.